The third-order valence-corrected chi connectivity index (χ3v) is 3.74. The van der Waals surface area contributed by atoms with E-state index in [1.54, 1.807) is 12.1 Å². The molecule has 0 unspecified atom stereocenters. The van der Waals surface area contributed by atoms with Crippen LogP contribution < -0.4 is 4.74 Å². The summed E-state index contributed by atoms with van der Waals surface area (Å²) in [7, 11) is 0. The Balaban J connectivity index is 1.85. The Bertz CT molecular complexity index is 405. The van der Waals surface area contributed by atoms with Crippen LogP contribution >= 0.6 is 0 Å². The van der Waals surface area contributed by atoms with Gasteiger partial charge in [-0.25, -0.2) is 0 Å². The molecule has 1 aromatic carbocycles. The van der Waals surface area contributed by atoms with Crippen molar-refractivity contribution < 1.29 is 18.3 Å². The van der Waals surface area contributed by atoms with E-state index in [1.165, 1.54) is 6.42 Å². The number of ether oxygens (including phenoxy) is 2. The fraction of sp³-hybridized carbons (Fsp3) is 0.625. The number of hydrogen-bond donors (Lipinski definition) is 0. The zero-order valence-corrected chi connectivity index (χ0v) is 12.4. The second-order valence-corrected chi connectivity index (χ2v) is 5.34. The van der Waals surface area contributed by atoms with E-state index in [4.69, 9.17) is 4.74 Å². The highest BCUT2D eigenvalue weighted by molar-refractivity contribution is 5.27. The molecule has 1 aromatic rings. The van der Waals surface area contributed by atoms with Gasteiger partial charge in [-0.1, -0.05) is 19.1 Å². The molecule has 0 N–H and O–H groups in total. The smallest absolute Gasteiger partial charge is 0.387 e. The Morgan fingerprint density at radius 3 is 2.62 bits per heavy atom. The van der Waals surface area contributed by atoms with Crippen molar-refractivity contribution in [3.63, 3.8) is 0 Å². The third-order valence-electron chi connectivity index (χ3n) is 3.74. The van der Waals surface area contributed by atoms with Crippen LogP contribution in [0.15, 0.2) is 24.3 Å². The predicted octanol–water partition coefficient (Wildman–Crippen LogP) is 3.68. The predicted molar refractivity (Wildman–Crippen MR) is 77.6 cm³/mol. The zero-order chi connectivity index (χ0) is 15.1. The van der Waals surface area contributed by atoms with Gasteiger partial charge in [-0.05, 0) is 43.5 Å². The van der Waals surface area contributed by atoms with Crippen molar-refractivity contribution in [2.24, 2.45) is 0 Å². The molecule has 0 saturated carbocycles. The molecule has 1 heterocycles. The standard InChI is InChI=1S/C16H23F2NO2/c1-2-19(12-15-5-3-4-10-20-15)11-13-6-8-14(9-7-13)21-16(17)18/h6-9,15-16H,2-5,10-12H2,1H3/t15-/m0/s1. The van der Waals surface area contributed by atoms with E-state index in [9.17, 15) is 8.78 Å². The molecule has 21 heavy (non-hydrogen) atoms. The van der Waals surface area contributed by atoms with Gasteiger partial charge in [-0.2, -0.15) is 8.78 Å². The van der Waals surface area contributed by atoms with Gasteiger partial charge < -0.3 is 9.47 Å². The maximum absolute atomic E-state index is 12.1. The number of likely N-dealkylation sites (N-methyl/N-ethyl adjacent to an activating group) is 1. The molecule has 1 fully saturated rings. The highest BCUT2D eigenvalue weighted by Crippen LogP contribution is 2.18. The van der Waals surface area contributed by atoms with E-state index in [0.29, 0.717) is 6.10 Å². The summed E-state index contributed by atoms with van der Waals surface area (Å²) < 4.78 is 34.3. The van der Waals surface area contributed by atoms with Crippen molar-refractivity contribution in [2.75, 3.05) is 19.7 Å². The van der Waals surface area contributed by atoms with Crippen LogP contribution in [0.4, 0.5) is 8.78 Å². The molecule has 0 radical (unpaired) electrons. The fourth-order valence-corrected chi connectivity index (χ4v) is 2.58. The van der Waals surface area contributed by atoms with Crippen LogP contribution in [0, 0.1) is 0 Å². The minimum atomic E-state index is -2.77. The van der Waals surface area contributed by atoms with E-state index in [2.05, 4.69) is 16.6 Å². The van der Waals surface area contributed by atoms with Crippen molar-refractivity contribution in [2.45, 2.75) is 45.4 Å². The number of benzene rings is 1. The van der Waals surface area contributed by atoms with Gasteiger partial charge in [-0.15, -0.1) is 0 Å². The van der Waals surface area contributed by atoms with E-state index in [0.717, 1.165) is 44.6 Å². The SMILES string of the molecule is CCN(Cc1ccc(OC(F)F)cc1)C[C@@H]1CCCCO1. The number of hydrogen-bond acceptors (Lipinski definition) is 3. The van der Waals surface area contributed by atoms with Gasteiger partial charge in [0.05, 0.1) is 6.10 Å². The average molecular weight is 299 g/mol. The highest BCUT2D eigenvalue weighted by atomic mass is 19.3. The van der Waals surface area contributed by atoms with Crippen LogP contribution in [0.1, 0.15) is 31.7 Å². The van der Waals surface area contributed by atoms with E-state index in [1.807, 2.05) is 12.1 Å². The molecule has 1 aliphatic rings. The Hall–Kier alpha value is -1.20. The summed E-state index contributed by atoms with van der Waals surface area (Å²) in [6.45, 7) is 2.87. The molecule has 2 rings (SSSR count). The number of rotatable bonds is 7. The molecule has 1 aliphatic heterocycles. The number of nitrogens with zero attached hydrogens (tertiary/aromatic N) is 1. The largest absolute Gasteiger partial charge is 0.435 e. The van der Waals surface area contributed by atoms with Crippen LogP contribution in [0.25, 0.3) is 0 Å². The summed E-state index contributed by atoms with van der Waals surface area (Å²) in [6, 6.07) is 6.85. The third kappa shape index (κ3) is 5.59. The van der Waals surface area contributed by atoms with Crippen molar-refractivity contribution >= 4 is 0 Å². The lowest BCUT2D eigenvalue weighted by molar-refractivity contribution is -0.0498. The molecule has 118 valence electrons. The lowest BCUT2D eigenvalue weighted by Gasteiger charge is -2.29. The van der Waals surface area contributed by atoms with Crippen molar-refractivity contribution in [1.29, 1.82) is 0 Å². The second-order valence-electron chi connectivity index (χ2n) is 5.34. The average Bonchev–Trinajstić information content (AvgIpc) is 2.49. The van der Waals surface area contributed by atoms with Gasteiger partial charge in [0.2, 0.25) is 0 Å². The highest BCUT2D eigenvalue weighted by Gasteiger charge is 2.17. The molecule has 0 spiro atoms. The molecule has 0 bridgehead atoms. The summed E-state index contributed by atoms with van der Waals surface area (Å²) in [5.74, 6) is 0.201. The number of halogens is 2. The first-order chi connectivity index (χ1) is 10.2. The first kappa shape index (κ1) is 16.2. The Morgan fingerprint density at radius 1 is 1.29 bits per heavy atom. The van der Waals surface area contributed by atoms with Gasteiger partial charge in [-0.3, -0.25) is 4.90 Å². The fourth-order valence-electron chi connectivity index (χ4n) is 2.58. The minimum Gasteiger partial charge on any atom is -0.435 e. The summed E-state index contributed by atoms with van der Waals surface area (Å²) >= 11 is 0. The quantitative estimate of drug-likeness (QED) is 0.766. The second kappa shape index (κ2) is 8.29. The Morgan fingerprint density at radius 2 is 2.05 bits per heavy atom. The summed E-state index contributed by atoms with van der Waals surface area (Å²) in [4.78, 5) is 2.32. The van der Waals surface area contributed by atoms with Crippen LogP contribution in [0.3, 0.4) is 0 Å². The molecule has 3 nitrogen and oxygen atoms in total. The van der Waals surface area contributed by atoms with E-state index >= 15 is 0 Å². The maximum Gasteiger partial charge on any atom is 0.387 e. The van der Waals surface area contributed by atoms with Crippen LogP contribution in [0.5, 0.6) is 5.75 Å². The Kier molecular flexibility index (Phi) is 6.39. The molecule has 0 aliphatic carbocycles. The van der Waals surface area contributed by atoms with Gasteiger partial charge in [0.1, 0.15) is 5.75 Å². The van der Waals surface area contributed by atoms with Crippen LogP contribution in [-0.2, 0) is 11.3 Å². The van der Waals surface area contributed by atoms with Crippen molar-refractivity contribution in [3.05, 3.63) is 29.8 Å². The molecular formula is C16H23F2NO2. The monoisotopic (exact) mass is 299 g/mol. The maximum atomic E-state index is 12.1. The molecule has 1 atom stereocenters. The first-order valence-electron chi connectivity index (χ1n) is 7.55. The van der Waals surface area contributed by atoms with Gasteiger partial charge in [0.15, 0.2) is 0 Å². The van der Waals surface area contributed by atoms with E-state index < -0.39 is 6.61 Å². The lowest BCUT2D eigenvalue weighted by Crippen LogP contribution is -2.35. The summed E-state index contributed by atoms with van der Waals surface area (Å²) in [5, 5.41) is 0. The zero-order valence-electron chi connectivity index (χ0n) is 12.4. The van der Waals surface area contributed by atoms with E-state index in [-0.39, 0.29) is 5.75 Å². The molecular weight excluding hydrogens is 276 g/mol. The molecule has 0 amide bonds. The minimum absolute atomic E-state index is 0.201. The van der Waals surface area contributed by atoms with Crippen LogP contribution in [-0.4, -0.2) is 37.3 Å². The first-order valence-corrected chi connectivity index (χ1v) is 7.55. The number of alkyl halides is 2. The summed E-state index contributed by atoms with van der Waals surface area (Å²) in [6.07, 6.45) is 3.84. The van der Waals surface area contributed by atoms with Crippen molar-refractivity contribution in [1.82, 2.24) is 4.90 Å². The van der Waals surface area contributed by atoms with Crippen LogP contribution in [0.2, 0.25) is 0 Å². The van der Waals surface area contributed by atoms with Crippen molar-refractivity contribution in [3.8, 4) is 5.75 Å². The Labute approximate surface area is 124 Å². The molecule has 5 heteroatoms. The van der Waals surface area contributed by atoms with Gasteiger partial charge in [0.25, 0.3) is 0 Å². The summed E-state index contributed by atoms with van der Waals surface area (Å²) in [5.41, 5.74) is 1.09. The van der Waals surface area contributed by atoms with Gasteiger partial charge >= 0.3 is 6.61 Å². The van der Waals surface area contributed by atoms with Gasteiger partial charge in [0, 0.05) is 19.7 Å². The topological polar surface area (TPSA) is 21.7 Å². The normalized spacial score (nSPS) is 19.2. The molecule has 1 saturated heterocycles. The lowest BCUT2D eigenvalue weighted by atomic mass is 10.1. The molecule has 0 aromatic heterocycles.